The molecule has 0 amide bonds. The average molecular weight is 181 g/mol. The Hall–Kier alpha value is -0.890. The number of nitrogens with two attached hydrogens (primary N) is 1. The molecule has 1 unspecified atom stereocenters. The van der Waals surface area contributed by atoms with Crippen LogP contribution in [0.25, 0.3) is 0 Å². The van der Waals surface area contributed by atoms with Gasteiger partial charge < -0.3 is 5.73 Å². The number of rotatable bonds is 5. The third-order valence-electron chi connectivity index (χ3n) is 2.16. The zero-order chi connectivity index (χ0) is 9.52. The first-order valence-electron chi connectivity index (χ1n) is 4.66. The Kier molecular flexibility index (Phi) is 4.47. The van der Waals surface area contributed by atoms with Crippen molar-refractivity contribution in [1.29, 1.82) is 0 Å². The first-order chi connectivity index (χ1) is 6.36. The van der Waals surface area contributed by atoms with Crippen LogP contribution in [0.1, 0.15) is 12.0 Å². The maximum Gasteiger partial charge on any atom is 0.0926 e. The van der Waals surface area contributed by atoms with Crippen LogP contribution in [-0.4, -0.2) is 13.2 Å². The summed E-state index contributed by atoms with van der Waals surface area (Å²) in [5.74, 6) is 0.0902. The fourth-order valence-electron chi connectivity index (χ4n) is 1.42. The van der Waals surface area contributed by atoms with Crippen molar-refractivity contribution < 1.29 is 4.39 Å². The van der Waals surface area contributed by atoms with E-state index < -0.39 is 0 Å². The largest absolute Gasteiger partial charge is 0.330 e. The molecule has 1 rings (SSSR count). The summed E-state index contributed by atoms with van der Waals surface area (Å²) < 4.78 is 12.5. The highest BCUT2D eigenvalue weighted by molar-refractivity contribution is 5.15. The highest BCUT2D eigenvalue weighted by Crippen LogP contribution is 2.11. The average Bonchev–Trinajstić information content (AvgIpc) is 2.19. The second-order valence-corrected chi connectivity index (χ2v) is 3.29. The molecule has 0 spiro atoms. The number of benzene rings is 1. The maximum absolute atomic E-state index is 12.5. The van der Waals surface area contributed by atoms with Crippen LogP contribution in [0, 0.1) is 5.92 Å². The van der Waals surface area contributed by atoms with Gasteiger partial charge in [0.15, 0.2) is 0 Å². The lowest BCUT2D eigenvalue weighted by Gasteiger charge is -2.11. The Labute approximate surface area is 78.8 Å². The first-order valence-corrected chi connectivity index (χ1v) is 4.66. The van der Waals surface area contributed by atoms with Crippen LogP contribution in [0.4, 0.5) is 4.39 Å². The molecule has 13 heavy (non-hydrogen) atoms. The van der Waals surface area contributed by atoms with Crippen LogP contribution in [0.15, 0.2) is 30.3 Å². The molecule has 72 valence electrons. The van der Waals surface area contributed by atoms with Gasteiger partial charge in [0.1, 0.15) is 0 Å². The van der Waals surface area contributed by atoms with E-state index in [1.165, 1.54) is 5.56 Å². The number of hydrogen-bond acceptors (Lipinski definition) is 1. The summed E-state index contributed by atoms with van der Waals surface area (Å²) in [5, 5.41) is 0. The van der Waals surface area contributed by atoms with Crippen molar-refractivity contribution in [3.63, 3.8) is 0 Å². The molecule has 0 saturated heterocycles. The Morgan fingerprint density at radius 3 is 2.46 bits per heavy atom. The molecule has 0 saturated carbocycles. The van der Waals surface area contributed by atoms with Gasteiger partial charge in [-0.25, -0.2) is 0 Å². The van der Waals surface area contributed by atoms with E-state index in [9.17, 15) is 4.39 Å². The molecule has 0 heterocycles. The van der Waals surface area contributed by atoms with Crippen molar-refractivity contribution in [1.82, 2.24) is 0 Å². The van der Waals surface area contributed by atoms with Gasteiger partial charge in [0.2, 0.25) is 0 Å². The van der Waals surface area contributed by atoms with Crippen molar-refractivity contribution in [2.45, 2.75) is 12.8 Å². The second kappa shape index (κ2) is 5.70. The Balaban J connectivity index is 2.46. The number of alkyl halides is 1. The highest BCUT2D eigenvalue weighted by atomic mass is 19.1. The molecule has 0 bridgehead atoms. The summed E-state index contributed by atoms with van der Waals surface area (Å²) in [5.41, 5.74) is 6.59. The van der Waals surface area contributed by atoms with Gasteiger partial charge in [-0.15, -0.1) is 0 Å². The molecule has 0 radical (unpaired) electrons. The number of hydrogen-bond donors (Lipinski definition) is 1. The van der Waals surface area contributed by atoms with Crippen LogP contribution in [-0.2, 0) is 6.42 Å². The van der Waals surface area contributed by atoms with Gasteiger partial charge >= 0.3 is 0 Å². The molecular weight excluding hydrogens is 165 g/mol. The molecule has 2 heteroatoms. The zero-order valence-electron chi connectivity index (χ0n) is 7.75. The normalized spacial score (nSPS) is 12.8. The van der Waals surface area contributed by atoms with E-state index in [1.807, 2.05) is 30.3 Å². The van der Waals surface area contributed by atoms with Crippen molar-refractivity contribution in [2.75, 3.05) is 13.2 Å². The Bertz CT molecular complexity index is 223. The molecule has 0 aliphatic rings. The van der Waals surface area contributed by atoms with E-state index in [-0.39, 0.29) is 12.6 Å². The van der Waals surface area contributed by atoms with E-state index in [2.05, 4.69) is 0 Å². The molecule has 0 aromatic heterocycles. The minimum absolute atomic E-state index is 0.0902. The number of halogens is 1. The van der Waals surface area contributed by atoms with Gasteiger partial charge in [0, 0.05) is 0 Å². The summed E-state index contributed by atoms with van der Waals surface area (Å²) in [4.78, 5) is 0. The van der Waals surface area contributed by atoms with Gasteiger partial charge in [-0.2, -0.15) is 0 Å². The van der Waals surface area contributed by atoms with Crippen molar-refractivity contribution in [3.8, 4) is 0 Å². The zero-order valence-corrected chi connectivity index (χ0v) is 7.75. The molecule has 1 aromatic rings. The second-order valence-electron chi connectivity index (χ2n) is 3.29. The van der Waals surface area contributed by atoms with Gasteiger partial charge in [-0.3, -0.25) is 4.39 Å². The molecule has 1 aromatic carbocycles. The third-order valence-corrected chi connectivity index (χ3v) is 2.16. The minimum Gasteiger partial charge on any atom is -0.330 e. The smallest absolute Gasteiger partial charge is 0.0926 e. The Morgan fingerprint density at radius 1 is 1.23 bits per heavy atom. The van der Waals surface area contributed by atoms with Crippen molar-refractivity contribution >= 4 is 0 Å². The molecule has 0 fully saturated rings. The van der Waals surface area contributed by atoms with E-state index in [4.69, 9.17) is 5.73 Å². The lowest BCUT2D eigenvalue weighted by molar-refractivity contribution is 0.345. The predicted octanol–water partition coefficient (Wildman–Crippen LogP) is 2.16. The molecular formula is C11H16FN. The molecule has 1 nitrogen and oxygen atoms in total. The van der Waals surface area contributed by atoms with Gasteiger partial charge in [-0.05, 0) is 30.9 Å². The van der Waals surface area contributed by atoms with E-state index in [1.54, 1.807) is 0 Å². The third kappa shape index (κ3) is 3.55. The lowest BCUT2D eigenvalue weighted by Crippen LogP contribution is -2.13. The summed E-state index contributed by atoms with van der Waals surface area (Å²) in [7, 11) is 0. The molecule has 0 aliphatic heterocycles. The first kappa shape index (κ1) is 10.2. The lowest BCUT2D eigenvalue weighted by atomic mass is 9.98. The predicted molar refractivity (Wildman–Crippen MR) is 53.3 cm³/mol. The van der Waals surface area contributed by atoms with Gasteiger partial charge in [-0.1, -0.05) is 30.3 Å². The highest BCUT2D eigenvalue weighted by Gasteiger charge is 2.07. The molecule has 0 aliphatic carbocycles. The van der Waals surface area contributed by atoms with Gasteiger partial charge in [0.25, 0.3) is 0 Å². The summed E-state index contributed by atoms with van der Waals surface area (Å²) in [6.45, 7) is 0.299. The van der Waals surface area contributed by atoms with Crippen LogP contribution < -0.4 is 5.73 Å². The van der Waals surface area contributed by atoms with Crippen LogP contribution in [0.2, 0.25) is 0 Å². The SMILES string of the molecule is NCCC(CF)Cc1ccccc1. The van der Waals surface area contributed by atoms with Crippen LogP contribution in [0.3, 0.4) is 0 Å². The summed E-state index contributed by atoms with van der Waals surface area (Å²) in [6.07, 6.45) is 1.57. The summed E-state index contributed by atoms with van der Waals surface area (Å²) in [6, 6.07) is 9.98. The molecule has 2 N–H and O–H groups in total. The van der Waals surface area contributed by atoms with Gasteiger partial charge in [0.05, 0.1) is 6.67 Å². The van der Waals surface area contributed by atoms with Crippen molar-refractivity contribution in [3.05, 3.63) is 35.9 Å². The van der Waals surface area contributed by atoms with E-state index >= 15 is 0 Å². The minimum atomic E-state index is -0.272. The maximum atomic E-state index is 12.5. The van der Waals surface area contributed by atoms with Crippen LogP contribution in [0.5, 0.6) is 0 Å². The fourth-order valence-corrected chi connectivity index (χ4v) is 1.42. The van der Waals surface area contributed by atoms with E-state index in [0.29, 0.717) is 6.54 Å². The Morgan fingerprint density at radius 2 is 1.92 bits per heavy atom. The quantitative estimate of drug-likeness (QED) is 0.740. The fraction of sp³-hybridized carbons (Fsp3) is 0.455. The van der Waals surface area contributed by atoms with Crippen molar-refractivity contribution in [2.24, 2.45) is 11.7 Å². The van der Waals surface area contributed by atoms with Crippen LogP contribution >= 0.6 is 0 Å². The standard InChI is InChI=1S/C11H16FN/c12-9-11(6-7-13)8-10-4-2-1-3-5-10/h1-5,11H,6-9,13H2. The monoisotopic (exact) mass is 181 g/mol. The molecule has 1 atom stereocenters. The summed E-state index contributed by atoms with van der Waals surface area (Å²) >= 11 is 0. The topological polar surface area (TPSA) is 26.0 Å². The van der Waals surface area contributed by atoms with E-state index in [0.717, 1.165) is 12.8 Å².